The standard InChI is InChI=1S/C9H15N3O2/c1-12(5-2-3-10)9(13)8-7-14-6-4-11-8/h8,11H,2,4-7H2,1H3. The molecule has 1 rings (SSSR count). The van der Waals surface area contributed by atoms with Crippen molar-refractivity contribution in [1.82, 2.24) is 10.2 Å². The van der Waals surface area contributed by atoms with Crippen molar-refractivity contribution in [3.05, 3.63) is 0 Å². The molecule has 0 saturated carbocycles. The molecule has 0 bridgehead atoms. The van der Waals surface area contributed by atoms with Crippen LogP contribution in [0.5, 0.6) is 0 Å². The van der Waals surface area contributed by atoms with Gasteiger partial charge in [-0.05, 0) is 0 Å². The van der Waals surface area contributed by atoms with E-state index in [4.69, 9.17) is 10.00 Å². The Hall–Kier alpha value is -1.12. The lowest BCUT2D eigenvalue weighted by molar-refractivity contribution is -0.134. The molecule has 78 valence electrons. The summed E-state index contributed by atoms with van der Waals surface area (Å²) in [6, 6.07) is 1.77. The van der Waals surface area contributed by atoms with Gasteiger partial charge in [-0.2, -0.15) is 5.26 Å². The number of morpholine rings is 1. The third kappa shape index (κ3) is 2.98. The van der Waals surface area contributed by atoms with Crippen LogP contribution in [0.2, 0.25) is 0 Å². The summed E-state index contributed by atoms with van der Waals surface area (Å²) >= 11 is 0. The van der Waals surface area contributed by atoms with E-state index in [1.807, 2.05) is 6.07 Å². The monoisotopic (exact) mass is 197 g/mol. The Kier molecular flexibility index (Phi) is 4.36. The third-order valence-corrected chi connectivity index (χ3v) is 2.15. The Morgan fingerprint density at radius 3 is 3.14 bits per heavy atom. The quantitative estimate of drug-likeness (QED) is 0.652. The molecule has 5 heteroatoms. The normalized spacial score (nSPS) is 21.3. The number of carbonyl (C=O) groups is 1. The second-order valence-electron chi connectivity index (χ2n) is 3.25. The van der Waals surface area contributed by atoms with Crippen molar-refractivity contribution in [2.24, 2.45) is 0 Å². The Balaban J connectivity index is 2.35. The third-order valence-electron chi connectivity index (χ3n) is 2.15. The summed E-state index contributed by atoms with van der Waals surface area (Å²) in [6.07, 6.45) is 0.371. The number of nitrogens with one attached hydrogen (secondary N) is 1. The minimum atomic E-state index is -0.243. The van der Waals surface area contributed by atoms with Crippen LogP contribution < -0.4 is 5.32 Å². The largest absolute Gasteiger partial charge is 0.378 e. The summed E-state index contributed by atoms with van der Waals surface area (Å²) in [6.45, 7) is 2.28. The molecule has 0 aromatic carbocycles. The first-order valence-electron chi connectivity index (χ1n) is 4.68. The number of nitriles is 1. The molecule has 0 radical (unpaired) electrons. The lowest BCUT2D eigenvalue weighted by Crippen LogP contribution is -2.51. The minimum Gasteiger partial charge on any atom is -0.378 e. The first-order valence-corrected chi connectivity index (χ1v) is 4.68. The molecule has 1 amide bonds. The first kappa shape index (κ1) is 11.0. The highest BCUT2D eigenvalue weighted by Crippen LogP contribution is 1.98. The van der Waals surface area contributed by atoms with E-state index in [-0.39, 0.29) is 11.9 Å². The van der Waals surface area contributed by atoms with Gasteiger partial charge in [-0.1, -0.05) is 0 Å². The van der Waals surface area contributed by atoms with E-state index in [1.54, 1.807) is 11.9 Å². The fourth-order valence-electron chi connectivity index (χ4n) is 1.32. The van der Waals surface area contributed by atoms with Crippen LogP contribution in [-0.2, 0) is 9.53 Å². The molecule has 14 heavy (non-hydrogen) atoms. The van der Waals surface area contributed by atoms with Crippen molar-refractivity contribution in [2.75, 3.05) is 33.4 Å². The van der Waals surface area contributed by atoms with Gasteiger partial charge in [0.05, 0.1) is 25.7 Å². The van der Waals surface area contributed by atoms with Crippen LogP contribution in [0.3, 0.4) is 0 Å². The zero-order chi connectivity index (χ0) is 10.4. The average Bonchev–Trinajstić information content (AvgIpc) is 2.26. The summed E-state index contributed by atoms with van der Waals surface area (Å²) in [5, 5.41) is 11.5. The maximum atomic E-state index is 11.7. The van der Waals surface area contributed by atoms with Crippen LogP contribution in [0, 0.1) is 11.3 Å². The molecule has 0 aromatic heterocycles. The Bertz CT molecular complexity index is 231. The summed E-state index contributed by atoms with van der Waals surface area (Å²) in [5.74, 6) is -0.0000463. The maximum Gasteiger partial charge on any atom is 0.241 e. The van der Waals surface area contributed by atoms with E-state index < -0.39 is 0 Å². The van der Waals surface area contributed by atoms with E-state index in [9.17, 15) is 4.79 Å². The van der Waals surface area contributed by atoms with Crippen molar-refractivity contribution in [1.29, 1.82) is 5.26 Å². The van der Waals surface area contributed by atoms with E-state index in [0.717, 1.165) is 0 Å². The lowest BCUT2D eigenvalue weighted by atomic mass is 10.2. The number of hydrogen-bond donors (Lipinski definition) is 1. The SMILES string of the molecule is CN(CCC#N)C(=O)C1COCCN1. The molecule has 1 heterocycles. The highest BCUT2D eigenvalue weighted by Gasteiger charge is 2.23. The van der Waals surface area contributed by atoms with Crippen LogP contribution in [-0.4, -0.2) is 50.2 Å². The molecule has 0 spiro atoms. The van der Waals surface area contributed by atoms with E-state index >= 15 is 0 Å². The summed E-state index contributed by atoms with van der Waals surface area (Å²) in [4.78, 5) is 13.2. The second-order valence-corrected chi connectivity index (χ2v) is 3.25. The smallest absolute Gasteiger partial charge is 0.241 e. The van der Waals surface area contributed by atoms with Crippen molar-refractivity contribution in [3.63, 3.8) is 0 Å². The number of ether oxygens (including phenoxy) is 1. The number of nitrogens with zero attached hydrogens (tertiary/aromatic N) is 2. The number of amides is 1. The topological polar surface area (TPSA) is 65.4 Å². The van der Waals surface area contributed by atoms with Crippen LogP contribution >= 0.6 is 0 Å². The van der Waals surface area contributed by atoms with Crippen molar-refractivity contribution in [3.8, 4) is 6.07 Å². The molecule has 0 aliphatic carbocycles. The molecule has 1 unspecified atom stereocenters. The zero-order valence-electron chi connectivity index (χ0n) is 8.32. The van der Waals surface area contributed by atoms with Gasteiger partial charge in [-0.3, -0.25) is 4.79 Å². The Morgan fingerprint density at radius 1 is 1.79 bits per heavy atom. The van der Waals surface area contributed by atoms with Crippen molar-refractivity contribution in [2.45, 2.75) is 12.5 Å². The average molecular weight is 197 g/mol. The van der Waals surface area contributed by atoms with Crippen LogP contribution in [0.1, 0.15) is 6.42 Å². The predicted molar refractivity (Wildman–Crippen MR) is 50.5 cm³/mol. The van der Waals surface area contributed by atoms with E-state index in [0.29, 0.717) is 32.7 Å². The molecular weight excluding hydrogens is 182 g/mol. The maximum absolute atomic E-state index is 11.7. The van der Waals surface area contributed by atoms with Gasteiger partial charge in [0.15, 0.2) is 0 Å². The van der Waals surface area contributed by atoms with Gasteiger partial charge in [0.1, 0.15) is 6.04 Å². The van der Waals surface area contributed by atoms with Gasteiger partial charge < -0.3 is 15.0 Å². The van der Waals surface area contributed by atoms with Gasteiger partial charge >= 0.3 is 0 Å². The van der Waals surface area contributed by atoms with Gasteiger partial charge in [0, 0.05) is 20.1 Å². The molecule has 1 atom stereocenters. The fourth-order valence-corrected chi connectivity index (χ4v) is 1.32. The number of carbonyl (C=O) groups excluding carboxylic acids is 1. The molecule has 1 saturated heterocycles. The number of rotatable bonds is 3. The first-order chi connectivity index (χ1) is 6.75. The van der Waals surface area contributed by atoms with Gasteiger partial charge in [0.2, 0.25) is 5.91 Å². The van der Waals surface area contributed by atoms with Crippen LogP contribution in [0.4, 0.5) is 0 Å². The molecule has 5 nitrogen and oxygen atoms in total. The highest BCUT2D eigenvalue weighted by molar-refractivity contribution is 5.81. The van der Waals surface area contributed by atoms with Gasteiger partial charge in [0.25, 0.3) is 0 Å². The number of hydrogen-bond acceptors (Lipinski definition) is 4. The second kappa shape index (κ2) is 5.58. The predicted octanol–water partition coefficient (Wildman–Crippen LogP) is -0.653. The summed E-state index contributed by atoms with van der Waals surface area (Å²) in [5.41, 5.74) is 0. The van der Waals surface area contributed by atoms with Crippen molar-refractivity contribution < 1.29 is 9.53 Å². The molecule has 1 fully saturated rings. The van der Waals surface area contributed by atoms with Crippen molar-refractivity contribution >= 4 is 5.91 Å². The Labute approximate surface area is 83.6 Å². The molecule has 0 aromatic rings. The highest BCUT2D eigenvalue weighted by atomic mass is 16.5. The number of likely N-dealkylation sites (N-methyl/N-ethyl adjacent to an activating group) is 1. The van der Waals surface area contributed by atoms with Gasteiger partial charge in [-0.25, -0.2) is 0 Å². The van der Waals surface area contributed by atoms with Crippen LogP contribution in [0.25, 0.3) is 0 Å². The van der Waals surface area contributed by atoms with E-state index in [1.165, 1.54) is 0 Å². The minimum absolute atomic E-state index is 0.0000463. The van der Waals surface area contributed by atoms with E-state index in [2.05, 4.69) is 5.32 Å². The molecule has 1 aliphatic heterocycles. The molecule has 1 N–H and O–H groups in total. The molecule has 1 aliphatic rings. The van der Waals surface area contributed by atoms with Gasteiger partial charge in [-0.15, -0.1) is 0 Å². The lowest BCUT2D eigenvalue weighted by Gasteiger charge is -2.27. The summed E-state index contributed by atoms with van der Waals surface area (Å²) < 4.78 is 5.18. The van der Waals surface area contributed by atoms with Crippen LogP contribution in [0.15, 0.2) is 0 Å². The molecular formula is C9H15N3O2. The summed E-state index contributed by atoms with van der Waals surface area (Å²) in [7, 11) is 1.70. The Morgan fingerprint density at radius 2 is 2.57 bits per heavy atom. The zero-order valence-corrected chi connectivity index (χ0v) is 8.32. The fraction of sp³-hybridized carbons (Fsp3) is 0.778.